The third-order valence-corrected chi connectivity index (χ3v) is 4.75. The molecule has 3 nitrogen and oxygen atoms in total. The van der Waals surface area contributed by atoms with E-state index in [1.165, 1.54) is 30.4 Å². The Balaban J connectivity index is 1.65. The van der Waals surface area contributed by atoms with Crippen molar-refractivity contribution in [2.75, 3.05) is 20.3 Å². The van der Waals surface area contributed by atoms with E-state index in [-0.39, 0.29) is 0 Å². The molecule has 1 aromatic carbocycles. The minimum atomic E-state index is 0.316. The lowest BCUT2D eigenvalue weighted by Crippen LogP contribution is -2.27. The van der Waals surface area contributed by atoms with Gasteiger partial charge in [0, 0.05) is 19.2 Å². The average molecular weight is 261 g/mol. The standard InChI is InChI=1S/C16H23NO2/c1-19-13-4-2-12-3-5-15(14(12)10-13)17-11-16(6-7-16)8-9-18/h2,4,10,15,17-18H,3,5-9,11H2,1H3. The Morgan fingerprint density at radius 3 is 2.95 bits per heavy atom. The van der Waals surface area contributed by atoms with E-state index in [4.69, 9.17) is 9.84 Å². The first kappa shape index (κ1) is 12.9. The summed E-state index contributed by atoms with van der Waals surface area (Å²) in [5, 5.41) is 12.8. The number of aryl methyl sites for hydroxylation is 1. The molecular weight excluding hydrogens is 238 g/mol. The lowest BCUT2D eigenvalue weighted by atomic mass is 10.0. The van der Waals surface area contributed by atoms with Gasteiger partial charge in [0.2, 0.25) is 0 Å². The second-order valence-electron chi connectivity index (χ2n) is 6.01. The summed E-state index contributed by atoms with van der Waals surface area (Å²) >= 11 is 0. The van der Waals surface area contributed by atoms with E-state index < -0.39 is 0 Å². The quantitative estimate of drug-likeness (QED) is 0.826. The summed E-state index contributed by atoms with van der Waals surface area (Å²) in [5.41, 5.74) is 3.24. The van der Waals surface area contributed by atoms with Crippen molar-refractivity contribution >= 4 is 0 Å². The van der Waals surface area contributed by atoms with Crippen molar-refractivity contribution < 1.29 is 9.84 Å². The fourth-order valence-electron chi connectivity index (χ4n) is 3.19. The smallest absolute Gasteiger partial charge is 0.119 e. The maximum atomic E-state index is 9.12. The molecule has 0 aliphatic heterocycles. The summed E-state index contributed by atoms with van der Waals surface area (Å²) in [6, 6.07) is 6.87. The largest absolute Gasteiger partial charge is 0.497 e. The molecule has 3 heteroatoms. The molecule has 0 spiro atoms. The zero-order valence-corrected chi connectivity index (χ0v) is 11.6. The fourth-order valence-corrected chi connectivity index (χ4v) is 3.19. The summed E-state index contributed by atoms with van der Waals surface area (Å²) in [7, 11) is 1.72. The zero-order chi connectivity index (χ0) is 13.3. The maximum Gasteiger partial charge on any atom is 0.119 e. The van der Waals surface area contributed by atoms with Gasteiger partial charge in [0.1, 0.15) is 5.75 Å². The van der Waals surface area contributed by atoms with Gasteiger partial charge in [-0.15, -0.1) is 0 Å². The molecule has 0 radical (unpaired) electrons. The number of aliphatic hydroxyl groups excluding tert-OH is 1. The molecule has 0 saturated heterocycles. The van der Waals surface area contributed by atoms with Gasteiger partial charge in [0.05, 0.1) is 7.11 Å². The van der Waals surface area contributed by atoms with E-state index in [0.717, 1.165) is 25.1 Å². The van der Waals surface area contributed by atoms with Crippen LogP contribution in [0.4, 0.5) is 0 Å². The summed E-state index contributed by atoms with van der Waals surface area (Å²) in [6.07, 6.45) is 5.80. The van der Waals surface area contributed by atoms with Gasteiger partial charge in [-0.1, -0.05) is 6.07 Å². The highest BCUT2D eigenvalue weighted by atomic mass is 16.5. The second-order valence-corrected chi connectivity index (χ2v) is 6.01. The first-order valence-corrected chi connectivity index (χ1v) is 7.27. The molecule has 0 aromatic heterocycles. The molecule has 2 N–H and O–H groups in total. The molecule has 0 amide bonds. The van der Waals surface area contributed by atoms with Gasteiger partial charge in [-0.3, -0.25) is 0 Å². The van der Waals surface area contributed by atoms with Crippen LogP contribution in [0.15, 0.2) is 18.2 Å². The van der Waals surface area contributed by atoms with E-state index in [0.29, 0.717) is 18.1 Å². The summed E-state index contributed by atoms with van der Waals surface area (Å²) in [6.45, 7) is 1.35. The van der Waals surface area contributed by atoms with Crippen molar-refractivity contribution in [2.24, 2.45) is 5.41 Å². The third kappa shape index (κ3) is 2.63. The predicted octanol–water partition coefficient (Wildman–Crippen LogP) is 2.43. The molecule has 1 atom stereocenters. The van der Waals surface area contributed by atoms with E-state index in [9.17, 15) is 0 Å². The minimum Gasteiger partial charge on any atom is -0.497 e. The highest BCUT2D eigenvalue weighted by Crippen LogP contribution is 2.48. The molecule has 1 aromatic rings. The van der Waals surface area contributed by atoms with Crippen LogP contribution in [-0.2, 0) is 6.42 Å². The van der Waals surface area contributed by atoms with Crippen LogP contribution < -0.4 is 10.1 Å². The van der Waals surface area contributed by atoms with Crippen LogP contribution in [0.25, 0.3) is 0 Å². The van der Waals surface area contributed by atoms with Crippen molar-refractivity contribution in [3.63, 3.8) is 0 Å². The van der Waals surface area contributed by atoms with Crippen LogP contribution in [0.3, 0.4) is 0 Å². The van der Waals surface area contributed by atoms with Crippen LogP contribution >= 0.6 is 0 Å². The molecular formula is C16H23NO2. The fraction of sp³-hybridized carbons (Fsp3) is 0.625. The van der Waals surface area contributed by atoms with E-state index in [1.807, 2.05) is 0 Å². The van der Waals surface area contributed by atoms with E-state index in [1.54, 1.807) is 7.11 Å². The molecule has 1 saturated carbocycles. The van der Waals surface area contributed by atoms with Crippen LogP contribution in [0, 0.1) is 5.41 Å². The van der Waals surface area contributed by atoms with E-state index >= 15 is 0 Å². The van der Waals surface area contributed by atoms with Crippen LogP contribution in [-0.4, -0.2) is 25.4 Å². The molecule has 0 bridgehead atoms. The highest BCUT2D eigenvalue weighted by molar-refractivity contribution is 5.40. The van der Waals surface area contributed by atoms with Gasteiger partial charge in [-0.2, -0.15) is 0 Å². The first-order chi connectivity index (χ1) is 9.26. The lowest BCUT2D eigenvalue weighted by molar-refractivity contribution is 0.242. The summed E-state index contributed by atoms with van der Waals surface area (Å²) in [4.78, 5) is 0. The normalized spacial score (nSPS) is 23.2. The predicted molar refractivity (Wildman–Crippen MR) is 75.4 cm³/mol. The Bertz CT molecular complexity index is 454. The molecule has 0 heterocycles. The molecule has 104 valence electrons. The Morgan fingerprint density at radius 2 is 2.26 bits per heavy atom. The van der Waals surface area contributed by atoms with Crippen molar-refractivity contribution in [1.82, 2.24) is 5.32 Å². The number of benzene rings is 1. The lowest BCUT2D eigenvalue weighted by Gasteiger charge is -2.20. The monoisotopic (exact) mass is 261 g/mol. The number of hydrogen-bond donors (Lipinski definition) is 2. The average Bonchev–Trinajstić information content (AvgIpc) is 3.08. The number of rotatable bonds is 6. The number of aliphatic hydroxyl groups is 1. The van der Waals surface area contributed by atoms with Gasteiger partial charge >= 0.3 is 0 Å². The number of hydrogen-bond acceptors (Lipinski definition) is 3. The van der Waals surface area contributed by atoms with Crippen molar-refractivity contribution in [3.05, 3.63) is 29.3 Å². The number of fused-ring (bicyclic) bond motifs is 1. The molecule has 2 aliphatic rings. The first-order valence-electron chi connectivity index (χ1n) is 7.27. The van der Waals surface area contributed by atoms with E-state index in [2.05, 4.69) is 23.5 Å². The van der Waals surface area contributed by atoms with Gasteiger partial charge in [-0.25, -0.2) is 0 Å². The number of ether oxygens (including phenoxy) is 1. The van der Waals surface area contributed by atoms with Gasteiger partial charge in [-0.05, 0) is 60.8 Å². The van der Waals surface area contributed by atoms with Crippen molar-refractivity contribution in [3.8, 4) is 5.75 Å². The molecule has 2 aliphatic carbocycles. The van der Waals surface area contributed by atoms with Crippen LogP contribution in [0.2, 0.25) is 0 Å². The molecule has 1 unspecified atom stereocenters. The summed E-state index contributed by atoms with van der Waals surface area (Å²) in [5.74, 6) is 0.948. The Kier molecular flexibility index (Phi) is 3.50. The minimum absolute atomic E-state index is 0.316. The van der Waals surface area contributed by atoms with Gasteiger partial charge in [0.15, 0.2) is 0 Å². The summed E-state index contributed by atoms with van der Waals surface area (Å²) < 4.78 is 5.32. The number of methoxy groups -OCH3 is 1. The highest BCUT2D eigenvalue weighted by Gasteiger charge is 2.42. The maximum absolute atomic E-state index is 9.12. The van der Waals surface area contributed by atoms with Crippen molar-refractivity contribution in [2.45, 2.75) is 38.1 Å². The zero-order valence-electron chi connectivity index (χ0n) is 11.6. The van der Waals surface area contributed by atoms with Crippen LogP contribution in [0.5, 0.6) is 5.75 Å². The Hall–Kier alpha value is -1.06. The molecule has 19 heavy (non-hydrogen) atoms. The Labute approximate surface area is 115 Å². The number of nitrogens with one attached hydrogen (secondary N) is 1. The molecule has 1 fully saturated rings. The third-order valence-electron chi connectivity index (χ3n) is 4.75. The molecule has 3 rings (SSSR count). The Morgan fingerprint density at radius 1 is 1.42 bits per heavy atom. The SMILES string of the molecule is COc1ccc2c(c1)C(NCC1(CCO)CC1)CC2. The topological polar surface area (TPSA) is 41.5 Å². The second kappa shape index (κ2) is 5.14. The van der Waals surface area contributed by atoms with Crippen LogP contribution in [0.1, 0.15) is 42.9 Å². The van der Waals surface area contributed by atoms with Gasteiger partial charge < -0.3 is 15.2 Å². The van der Waals surface area contributed by atoms with Crippen molar-refractivity contribution in [1.29, 1.82) is 0 Å². The van der Waals surface area contributed by atoms with Gasteiger partial charge in [0.25, 0.3) is 0 Å².